The number of H-pyrrole nitrogens is 1. The Balaban J connectivity index is 1.93. The first-order chi connectivity index (χ1) is 10.9. The summed E-state index contributed by atoms with van der Waals surface area (Å²) in [4.78, 5) is 35.8. The van der Waals surface area contributed by atoms with Crippen molar-refractivity contribution in [2.75, 3.05) is 38.1 Å². The molecule has 0 aromatic carbocycles. The van der Waals surface area contributed by atoms with E-state index in [0.717, 1.165) is 35.9 Å². The Hall–Kier alpha value is -2.36. The molecule has 10 heteroatoms. The average Bonchev–Trinajstić information content (AvgIpc) is 3.03. The maximum Gasteiger partial charge on any atom is 0.332 e. The largest absolute Gasteiger partial charge is 0.366 e. The zero-order chi connectivity index (χ0) is 16.7. The van der Waals surface area contributed by atoms with Gasteiger partial charge in [0.15, 0.2) is 16.3 Å². The van der Waals surface area contributed by atoms with E-state index in [1.807, 2.05) is 7.05 Å². The predicted octanol–water partition coefficient (Wildman–Crippen LogP) is -1.41. The van der Waals surface area contributed by atoms with Crippen LogP contribution in [0.15, 0.2) is 9.59 Å². The van der Waals surface area contributed by atoms with Crippen LogP contribution in [-0.2, 0) is 14.1 Å². The zero-order valence-corrected chi connectivity index (χ0v) is 14.1. The summed E-state index contributed by atoms with van der Waals surface area (Å²) in [6, 6.07) is 0. The van der Waals surface area contributed by atoms with E-state index in [2.05, 4.69) is 25.1 Å². The number of piperazine rings is 1. The molecule has 0 aliphatic carbocycles. The summed E-state index contributed by atoms with van der Waals surface area (Å²) in [5.74, 6) is 0.605. The van der Waals surface area contributed by atoms with Crippen molar-refractivity contribution in [2.24, 2.45) is 14.1 Å². The van der Waals surface area contributed by atoms with Crippen LogP contribution in [-0.4, -0.2) is 62.3 Å². The van der Waals surface area contributed by atoms with Crippen LogP contribution in [0.1, 0.15) is 0 Å². The molecule has 0 saturated carbocycles. The molecule has 1 aliphatic rings. The van der Waals surface area contributed by atoms with Gasteiger partial charge in [-0.25, -0.2) is 4.79 Å². The summed E-state index contributed by atoms with van der Waals surface area (Å²) >= 11 is 5.24. The average molecular weight is 337 g/mol. The minimum Gasteiger partial charge on any atom is -0.366 e. The molecule has 0 atom stereocenters. The molecular formula is C13H19N7O2S. The van der Waals surface area contributed by atoms with E-state index >= 15 is 0 Å². The lowest BCUT2D eigenvalue weighted by molar-refractivity contribution is 0.380. The fourth-order valence-corrected chi connectivity index (χ4v) is 2.93. The van der Waals surface area contributed by atoms with Crippen LogP contribution in [0.2, 0.25) is 0 Å². The van der Waals surface area contributed by atoms with Crippen molar-refractivity contribution >= 4 is 34.4 Å². The number of nitrogens with zero attached hydrogens (tertiary/aromatic N) is 5. The number of thiocarbonyl (C=S) groups is 1. The number of anilines is 1. The van der Waals surface area contributed by atoms with Crippen LogP contribution < -0.4 is 21.5 Å². The van der Waals surface area contributed by atoms with Gasteiger partial charge in [0.1, 0.15) is 0 Å². The van der Waals surface area contributed by atoms with Gasteiger partial charge in [0.05, 0.1) is 0 Å². The SMILES string of the molecule is CNC(=S)N1CCN(c2nc3c([nH]2)c(=O)n(C)c(=O)n3C)CC1. The number of rotatable bonds is 1. The van der Waals surface area contributed by atoms with E-state index in [9.17, 15) is 9.59 Å². The van der Waals surface area contributed by atoms with Gasteiger partial charge >= 0.3 is 5.69 Å². The molecule has 2 aromatic rings. The smallest absolute Gasteiger partial charge is 0.332 e. The number of imidazole rings is 1. The molecule has 1 fully saturated rings. The summed E-state index contributed by atoms with van der Waals surface area (Å²) < 4.78 is 2.46. The number of fused-ring (bicyclic) bond motifs is 1. The first-order valence-electron chi connectivity index (χ1n) is 7.31. The molecule has 23 heavy (non-hydrogen) atoms. The summed E-state index contributed by atoms with van der Waals surface area (Å²) in [5, 5.41) is 3.70. The topological polar surface area (TPSA) is 91.2 Å². The molecule has 0 bridgehead atoms. The van der Waals surface area contributed by atoms with Crippen molar-refractivity contribution in [2.45, 2.75) is 0 Å². The zero-order valence-electron chi connectivity index (χ0n) is 13.3. The number of hydrogen-bond donors (Lipinski definition) is 2. The number of nitrogens with one attached hydrogen (secondary N) is 2. The minimum atomic E-state index is -0.385. The van der Waals surface area contributed by atoms with Gasteiger partial charge in [-0.3, -0.25) is 13.9 Å². The molecule has 3 rings (SSSR count). The molecule has 0 unspecified atom stereocenters. The Morgan fingerprint density at radius 2 is 1.83 bits per heavy atom. The van der Waals surface area contributed by atoms with Gasteiger partial charge in [-0.2, -0.15) is 4.98 Å². The van der Waals surface area contributed by atoms with Crippen molar-refractivity contribution in [1.29, 1.82) is 0 Å². The van der Waals surface area contributed by atoms with Crippen molar-refractivity contribution in [3.05, 3.63) is 20.8 Å². The third kappa shape index (κ3) is 2.48. The van der Waals surface area contributed by atoms with Crippen molar-refractivity contribution in [3.8, 4) is 0 Å². The normalized spacial score (nSPS) is 15.3. The van der Waals surface area contributed by atoms with Gasteiger partial charge in [-0.15, -0.1) is 0 Å². The fraction of sp³-hybridized carbons (Fsp3) is 0.538. The highest BCUT2D eigenvalue weighted by Gasteiger charge is 2.22. The van der Waals surface area contributed by atoms with Crippen LogP contribution in [0.4, 0.5) is 5.95 Å². The molecule has 124 valence electrons. The Morgan fingerprint density at radius 3 is 2.43 bits per heavy atom. The van der Waals surface area contributed by atoms with Crippen molar-refractivity contribution < 1.29 is 0 Å². The molecule has 0 radical (unpaired) electrons. The van der Waals surface area contributed by atoms with Crippen LogP contribution in [0.25, 0.3) is 11.2 Å². The summed E-state index contributed by atoms with van der Waals surface area (Å²) in [5.41, 5.74) is -0.0272. The van der Waals surface area contributed by atoms with Crippen LogP contribution in [0, 0.1) is 0 Å². The highest BCUT2D eigenvalue weighted by Crippen LogP contribution is 2.15. The third-order valence-electron chi connectivity index (χ3n) is 4.16. The van der Waals surface area contributed by atoms with E-state index < -0.39 is 0 Å². The van der Waals surface area contributed by atoms with E-state index in [-0.39, 0.29) is 11.2 Å². The quantitative estimate of drug-likeness (QED) is 0.618. The molecular weight excluding hydrogens is 318 g/mol. The van der Waals surface area contributed by atoms with E-state index in [4.69, 9.17) is 12.2 Å². The Kier molecular flexibility index (Phi) is 3.84. The van der Waals surface area contributed by atoms with Gasteiger partial charge in [0.25, 0.3) is 5.56 Å². The molecule has 2 aromatic heterocycles. The van der Waals surface area contributed by atoms with Gasteiger partial charge in [-0.1, -0.05) is 0 Å². The molecule has 2 N–H and O–H groups in total. The molecule has 1 saturated heterocycles. The number of aryl methyl sites for hydroxylation is 1. The lowest BCUT2D eigenvalue weighted by Crippen LogP contribution is -2.51. The maximum absolute atomic E-state index is 12.2. The summed E-state index contributed by atoms with van der Waals surface area (Å²) in [6.45, 7) is 3.01. The third-order valence-corrected chi connectivity index (χ3v) is 4.62. The van der Waals surface area contributed by atoms with Crippen molar-refractivity contribution in [3.63, 3.8) is 0 Å². The maximum atomic E-state index is 12.2. The second-order valence-electron chi connectivity index (χ2n) is 5.49. The second kappa shape index (κ2) is 5.69. The van der Waals surface area contributed by atoms with Gasteiger partial charge in [0, 0.05) is 47.3 Å². The van der Waals surface area contributed by atoms with E-state index in [1.54, 1.807) is 7.05 Å². The van der Waals surface area contributed by atoms with Gasteiger partial charge in [-0.05, 0) is 12.2 Å². The minimum absolute atomic E-state index is 0.345. The molecule has 0 amide bonds. The van der Waals surface area contributed by atoms with Crippen LogP contribution >= 0.6 is 12.2 Å². The molecule has 3 heterocycles. The van der Waals surface area contributed by atoms with Crippen LogP contribution in [0.5, 0.6) is 0 Å². The Bertz CT molecular complexity index is 873. The highest BCUT2D eigenvalue weighted by molar-refractivity contribution is 7.80. The van der Waals surface area contributed by atoms with Crippen molar-refractivity contribution in [1.82, 2.24) is 29.3 Å². The van der Waals surface area contributed by atoms with Crippen LogP contribution in [0.3, 0.4) is 0 Å². The number of aromatic nitrogens is 4. The summed E-state index contributed by atoms with van der Waals surface area (Å²) in [7, 11) is 4.88. The first kappa shape index (κ1) is 15.5. The Morgan fingerprint density at radius 1 is 1.17 bits per heavy atom. The molecule has 1 aliphatic heterocycles. The molecule has 9 nitrogen and oxygen atoms in total. The van der Waals surface area contributed by atoms with Gasteiger partial charge in [0.2, 0.25) is 5.95 Å². The lowest BCUT2D eigenvalue weighted by atomic mass is 10.3. The van der Waals surface area contributed by atoms with E-state index in [1.165, 1.54) is 11.6 Å². The Labute approximate surface area is 137 Å². The number of hydrogen-bond acceptors (Lipinski definition) is 5. The monoisotopic (exact) mass is 337 g/mol. The second-order valence-corrected chi connectivity index (χ2v) is 5.88. The van der Waals surface area contributed by atoms with E-state index in [0.29, 0.717) is 17.1 Å². The molecule has 0 spiro atoms. The standard InChI is InChI=1S/C13H19N7O2S/c1-14-12(23)20-6-4-19(5-7-20)11-15-8-9(16-11)17(2)13(22)18(3)10(8)21/h4-7H2,1-3H3,(H,14,23)(H,15,16). The lowest BCUT2D eigenvalue weighted by Gasteiger charge is -2.35. The number of aromatic amines is 1. The first-order valence-corrected chi connectivity index (χ1v) is 7.72. The fourth-order valence-electron chi connectivity index (χ4n) is 2.74. The van der Waals surface area contributed by atoms with Gasteiger partial charge < -0.3 is 20.1 Å². The highest BCUT2D eigenvalue weighted by atomic mass is 32.1. The predicted molar refractivity (Wildman–Crippen MR) is 92.0 cm³/mol. The summed E-state index contributed by atoms with van der Waals surface area (Å²) in [6.07, 6.45) is 0.